The van der Waals surface area contributed by atoms with Crippen molar-refractivity contribution in [3.63, 3.8) is 0 Å². The van der Waals surface area contributed by atoms with E-state index >= 15 is 0 Å². The lowest BCUT2D eigenvalue weighted by atomic mass is 10.1. The lowest BCUT2D eigenvalue weighted by Crippen LogP contribution is -2.21. The summed E-state index contributed by atoms with van der Waals surface area (Å²) >= 11 is 0. The third-order valence-corrected chi connectivity index (χ3v) is 4.49. The van der Waals surface area contributed by atoms with Crippen LogP contribution < -0.4 is 10.0 Å². The van der Waals surface area contributed by atoms with Gasteiger partial charge in [0.1, 0.15) is 12.1 Å². The smallest absolute Gasteiger partial charge is 0.209 e. The third-order valence-electron chi connectivity index (χ3n) is 3.83. The topological polar surface area (TPSA) is 84.0 Å². The summed E-state index contributed by atoms with van der Waals surface area (Å²) in [6.07, 6.45) is 2.67. The highest BCUT2D eigenvalue weighted by atomic mass is 32.2. The van der Waals surface area contributed by atoms with Gasteiger partial charge in [0.05, 0.1) is 11.9 Å². The molecule has 26 heavy (non-hydrogen) atoms. The molecule has 2 aromatic carbocycles. The molecule has 3 aromatic rings. The number of hydrogen-bond acceptors (Lipinski definition) is 5. The SMILES string of the molecule is Cc1ccccc1-c1cc(Nc2cccc(CNS(C)(=O)=O)c2)ncn1. The molecule has 2 N–H and O–H groups in total. The molecular weight excluding hydrogens is 348 g/mol. The van der Waals surface area contributed by atoms with Crippen molar-refractivity contribution in [1.29, 1.82) is 0 Å². The fourth-order valence-electron chi connectivity index (χ4n) is 2.55. The first-order valence-electron chi connectivity index (χ1n) is 8.09. The number of aromatic nitrogens is 2. The lowest BCUT2D eigenvalue weighted by molar-refractivity contribution is 0.587. The number of anilines is 2. The van der Waals surface area contributed by atoms with Gasteiger partial charge < -0.3 is 5.32 Å². The number of sulfonamides is 1. The third kappa shape index (κ3) is 4.87. The zero-order valence-corrected chi connectivity index (χ0v) is 15.4. The van der Waals surface area contributed by atoms with Gasteiger partial charge in [0, 0.05) is 23.9 Å². The van der Waals surface area contributed by atoms with Crippen molar-refractivity contribution in [2.24, 2.45) is 0 Å². The lowest BCUT2D eigenvalue weighted by Gasteiger charge is -2.10. The molecular formula is C19H20N4O2S. The van der Waals surface area contributed by atoms with E-state index in [1.54, 1.807) is 0 Å². The summed E-state index contributed by atoms with van der Waals surface area (Å²) in [4.78, 5) is 8.63. The molecule has 0 aliphatic rings. The number of nitrogens with zero attached hydrogens (tertiary/aromatic N) is 2. The van der Waals surface area contributed by atoms with Crippen LogP contribution in [0.2, 0.25) is 0 Å². The predicted molar refractivity (Wildman–Crippen MR) is 104 cm³/mol. The van der Waals surface area contributed by atoms with Gasteiger partial charge >= 0.3 is 0 Å². The van der Waals surface area contributed by atoms with Crippen LogP contribution in [0.15, 0.2) is 60.9 Å². The fourth-order valence-corrected chi connectivity index (χ4v) is 2.98. The van der Waals surface area contributed by atoms with E-state index in [0.717, 1.165) is 34.3 Å². The highest BCUT2D eigenvalue weighted by Gasteiger charge is 2.06. The van der Waals surface area contributed by atoms with Crippen molar-refractivity contribution >= 4 is 21.5 Å². The summed E-state index contributed by atoms with van der Waals surface area (Å²) in [5.41, 5.74) is 4.73. The zero-order valence-electron chi connectivity index (χ0n) is 14.6. The first kappa shape index (κ1) is 18.0. The van der Waals surface area contributed by atoms with Gasteiger partial charge in [0.2, 0.25) is 10.0 Å². The Labute approximate surface area is 153 Å². The van der Waals surface area contributed by atoms with Crippen LogP contribution in [0.1, 0.15) is 11.1 Å². The molecule has 3 rings (SSSR count). The summed E-state index contributed by atoms with van der Waals surface area (Å²) in [6.45, 7) is 2.29. The largest absolute Gasteiger partial charge is 0.340 e. The van der Waals surface area contributed by atoms with Crippen LogP contribution in [-0.2, 0) is 16.6 Å². The Morgan fingerprint density at radius 2 is 1.81 bits per heavy atom. The minimum atomic E-state index is -3.23. The van der Waals surface area contributed by atoms with Crippen LogP contribution >= 0.6 is 0 Å². The van der Waals surface area contributed by atoms with Gasteiger partial charge in [-0.25, -0.2) is 23.1 Å². The van der Waals surface area contributed by atoms with E-state index in [2.05, 4.69) is 20.0 Å². The summed E-state index contributed by atoms with van der Waals surface area (Å²) < 4.78 is 25.0. The van der Waals surface area contributed by atoms with E-state index in [1.807, 2.05) is 61.5 Å². The van der Waals surface area contributed by atoms with E-state index in [-0.39, 0.29) is 6.54 Å². The van der Waals surface area contributed by atoms with E-state index in [1.165, 1.54) is 6.33 Å². The van der Waals surface area contributed by atoms with Gasteiger partial charge in [-0.15, -0.1) is 0 Å². The summed E-state index contributed by atoms with van der Waals surface area (Å²) in [7, 11) is -3.23. The molecule has 0 unspecified atom stereocenters. The Balaban J connectivity index is 1.79. The van der Waals surface area contributed by atoms with Crippen molar-refractivity contribution in [1.82, 2.24) is 14.7 Å². The van der Waals surface area contributed by atoms with Crippen LogP contribution in [-0.4, -0.2) is 24.6 Å². The number of nitrogens with one attached hydrogen (secondary N) is 2. The van der Waals surface area contributed by atoms with Crippen LogP contribution in [0, 0.1) is 6.92 Å². The molecule has 0 saturated carbocycles. The molecule has 6 nitrogen and oxygen atoms in total. The molecule has 134 valence electrons. The number of aryl methyl sites for hydroxylation is 1. The first-order valence-corrected chi connectivity index (χ1v) is 9.98. The summed E-state index contributed by atoms with van der Waals surface area (Å²) in [5.74, 6) is 0.673. The van der Waals surface area contributed by atoms with Gasteiger partial charge in [0.15, 0.2) is 0 Å². The minimum Gasteiger partial charge on any atom is -0.340 e. The van der Waals surface area contributed by atoms with Crippen molar-refractivity contribution in [2.45, 2.75) is 13.5 Å². The molecule has 0 spiro atoms. The second kappa shape index (κ2) is 7.63. The molecule has 0 amide bonds. The van der Waals surface area contributed by atoms with Crippen molar-refractivity contribution in [2.75, 3.05) is 11.6 Å². The van der Waals surface area contributed by atoms with Gasteiger partial charge in [-0.1, -0.05) is 36.4 Å². The molecule has 0 aliphatic heterocycles. The molecule has 0 saturated heterocycles. The molecule has 0 aliphatic carbocycles. The molecule has 0 bridgehead atoms. The number of benzene rings is 2. The zero-order chi connectivity index (χ0) is 18.6. The van der Waals surface area contributed by atoms with Gasteiger partial charge in [-0.2, -0.15) is 0 Å². The Bertz CT molecular complexity index is 1020. The molecule has 0 fully saturated rings. The van der Waals surface area contributed by atoms with Crippen molar-refractivity contribution < 1.29 is 8.42 Å². The van der Waals surface area contributed by atoms with Crippen LogP contribution in [0.5, 0.6) is 0 Å². The van der Waals surface area contributed by atoms with Crippen molar-refractivity contribution in [3.8, 4) is 11.3 Å². The Morgan fingerprint density at radius 3 is 2.58 bits per heavy atom. The second-order valence-corrected chi connectivity index (χ2v) is 7.86. The summed E-state index contributed by atoms with van der Waals surface area (Å²) in [5, 5.41) is 3.24. The molecule has 7 heteroatoms. The van der Waals surface area contributed by atoms with Crippen LogP contribution in [0.25, 0.3) is 11.3 Å². The quantitative estimate of drug-likeness (QED) is 0.698. The maximum atomic E-state index is 11.2. The van der Waals surface area contributed by atoms with E-state index in [0.29, 0.717) is 5.82 Å². The number of hydrogen-bond donors (Lipinski definition) is 2. The maximum Gasteiger partial charge on any atom is 0.209 e. The Hall–Kier alpha value is -2.77. The van der Waals surface area contributed by atoms with E-state index in [9.17, 15) is 8.42 Å². The number of rotatable bonds is 6. The predicted octanol–water partition coefficient (Wildman–Crippen LogP) is 3.24. The molecule has 1 aromatic heterocycles. The standard InChI is InChI=1S/C19H20N4O2S/c1-14-6-3-4-9-17(14)18-11-19(21-13-20-18)23-16-8-5-7-15(10-16)12-22-26(2,24)25/h3-11,13,22H,12H2,1-2H3,(H,20,21,23). The first-order chi connectivity index (χ1) is 12.4. The second-order valence-electron chi connectivity index (χ2n) is 6.02. The maximum absolute atomic E-state index is 11.2. The monoisotopic (exact) mass is 368 g/mol. The normalized spacial score (nSPS) is 11.3. The summed E-state index contributed by atoms with van der Waals surface area (Å²) in [6, 6.07) is 17.5. The van der Waals surface area contributed by atoms with Crippen LogP contribution in [0.3, 0.4) is 0 Å². The molecule has 0 radical (unpaired) electrons. The van der Waals surface area contributed by atoms with E-state index < -0.39 is 10.0 Å². The highest BCUT2D eigenvalue weighted by Crippen LogP contribution is 2.24. The average Bonchev–Trinajstić information content (AvgIpc) is 2.60. The molecule has 1 heterocycles. The van der Waals surface area contributed by atoms with Crippen molar-refractivity contribution in [3.05, 3.63) is 72.1 Å². The van der Waals surface area contributed by atoms with Gasteiger partial charge in [-0.05, 0) is 30.2 Å². The van der Waals surface area contributed by atoms with E-state index in [4.69, 9.17) is 0 Å². The highest BCUT2D eigenvalue weighted by molar-refractivity contribution is 7.88. The minimum absolute atomic E-state index is 0.243. The average molecular weight is 368 g/mol. The van der Waals surface area contributed by atoms with Crippen LogP contribution in [0.4, 0.5) is 11.5 Å². The Morgan fingerprint density at radius 1 is 1.00 bits per heavy atom. The Kier molecular flexibility index (Phi) is 5.29. The fraction of sp³-hybridized carbons (Fsp3) is 0.158. The van der Waals surface area contributed by atoms with Gasteiger partial charge in [0.25, 0.3) is 0 Å². The van der Waals surface area contributed by atoms with Gasteiger partial charge in [-0.3, -0.25) is 0 Å². The molecule has 0 atom stereocenters.